The van der Waals surface area contributed by atoms with Gasteiger partial charge in [-0.15, -0.1) is 0 Å². The molecule has 1 aromatic carbocycles. The molecule has 0 spiro atoms. The summed E-state index contributed by atoms with van der Waals surface area (Å²) >= 11 is 0. The van der Waals surface area contributed by atoms with Gasteiger partial charge in [0.05, 0.1) is 12.8 Å². The summed E-state index contributed by atoms with van der Waals surface area (Å²) in [5.74, 6) is -1.99. The standard InChI is InChI=1S/C8H8FNO3/c1-13-8(12)5-2-4(9)3-6(10)7(5)11/h2-3,11H,10H2,1H3. The van der Waals surface area contributed by atoms with Crippen LogP contribution in [0.4, 0.5) is 10.1 Å². The highest BCUT2D eigenvalue weighted by Crippen LogP contribution is 2.26. The number of methoxy groups -OCH3 is 1. The average molecular weight is 185 g/mol. The predicted molar refractivity (Wildman–Crippen MR) is 43.8 cm³/mol. The summed E-state index contributed by atoms with van der Waals surface area (Å²) in [6, 6.07) is 1.78. The molecule has 0 saturated heterocycles. The smallest absolute Gasteiger partial charge is 0.341 e. The second kappa shape index (κ2) is 3.30. The van der Waals surface area contributed by atoms with Gasteiger partial charge in [-0.05, 0) is 6.07 Å². The maximum atomic E-state index is 12.7. The number of rotatable bonds is 1. The first-order chi connectivity index (χ1) is 6.06. The molecule has 0 aromatic heterocycles. The van der Waals surface area contributed by atoms with E-state index in [9.17, 15) is 14.3 Å². The van der Waals surface area contributed by atoms with Gasteiger partial charge in [-0.3, -0.25) is 0 Å². The van der Waals surface area contributed by atoms with Crippen LogP contribution in [-0.4, -0.2) is 18.2 Å². The Hall–Kier alpha value is -1.78. The second-order valence-corrected chi connectivity index (χ2v) is 2.38. The van der Waals surface area contributed by atoms with E-state index in [0.717, 1.165) is 19.2 Å². The van der Waals surface area contributed by atoms with Crippen LogP contribution in [0.25, 0.3) is 0 Å². The number of hydrogen-bond acceptors (Lipinski definition) is 4. The number of nitrogens with two attached hydrogens (primary N) is 1. The van der Waals surface area contributed by atoms with Crippen molar-refractivity contribution in [1.82, 2.24) is 0 Å². The van der Waals surface area contributed by atoms with Crippen LogP contribution in [0.15, 0.2) is 12.1 Å². The van der Waals surface area contributed by atoms with Crippen molar-refractivity contribution in [2.45, 2.75) is 0 Å². The molecule has 0 atom stereocenters. The lowest BCUT2D eigenvalue weighted by Crippen LogP contribution is -2.03. The van der Waals surface area contributed by atoms with E-state index in [-0.39, 0.29) is 11.3 Å². The van der Waals surface area contributed by atoms with Gasteiger partial charge in [0.25, 0.3) is 0 Å². The topological polar surface area (TPSA) is 72.5 Å². The van der Waals surface area contributed by atoms with E-state index >= 15 is 0 Å². The summed E-state index contributed by atoms with van der Waals surface area (Å²) in [7, 11) is 1.13. The van der Waals surface area contributed by atoms with Crippen molar-refractivity contribution in [2.75, 3.05) is 12.8 Å². The average Bonchev–Trinajstić information content (AvgIpc) is 2.10. The molecule has 1 rings (SSSR count). The number of phenols is 1. The molecule has 0 aliphatic heterocycles. The van der Waals surface area contributed by atoms with Gasteiger partial charge in [0.2, 0.25) is 0 Å². The molecule has 0 fully saturated rings. The number of carbonyl (C=O) groups excluding carboxylic acids is 1. The third-order valence-electron chi connectivity index (χ3n) is 1.51. The van der Waals surface area contributed by atoms with Crippen LogP contribution in [0.2, 0.25) is 0 Å². The molecule has 0 aliphatic carbocycles. The van der Waals surface area contributed by atoms with E-state index in [4.69, 9.17) is 5.73 Å². The number of nitrogen functional groups attached to an aromatic ring is 1. The first-order valence-corrected chi connectivity index (χ1v) is 3.42. The van der Waals surface area contributed by atoms with Gasteiger partial charge in [-0.1, -0.05) is 0 Å². The summed E-state index contributed by atoms with van der Waals surface area (Å²) in [6.45, 7) is 0. The highest BCUT2D eigenvalue weighted by atomic mass is 19.1. The molecule has 0 heterocycles. The molecular weight excluding hydrogens is 177 g/mol. The van der Waals surface area contributed by atoms with Crippen molar-refractivity contribution in [2.24, 2.45) is 0 Å². The van der Waals surface area contributed by atoms with Gasteiger partial charge in [0.15, 0.2) is 5.75 Å². The molecule has 1 aromatic rings. The summed E-state index contributed by atoms with van der Waals surface area (Å²) in [6.07, 6.45) is 0. The van der Waals surface area contributed by atoms with Crippen LogP contribution < -0.4 is 5.73 Å². The molecule has 0 unspecified atom stereocenters. The molecule has 3 N–H and O–H groups in total. The predicted octanol–water partition coefficient (Wildman–Crippen LogP) is 0.900. The summed E-state index contributed by atoms with van der Waals surface area (Å²) < 4.78 is 17.0. The highest BCUT2D eigenvalue weighted by molar-refractivity contribution is 5.94. The Bertz CT molecular complexity index is 351. The number of esters is 1. The van der Waals surface area contributed by atoms with Gasteiger partial charge < -0.3 is 15.6 Å². The minimum Gasteiger partial charge on any atom is -0.505 e. The zero-order valence-electron chi connectivity index (χ0n) is 6.87. The molecular formula is C8H8FNO3. The summed E-state index contributed by atoms with van der Waals surface area (Å²) in [5, 5.41) is 9.23. The fraction of sp³-hybridized carbons (Fsp3) is 0.125. The van der Waals surface area contributed by atoms with Crippen molar-refractivity contribution in [3.8, 4) is 5.75 Å². The number of ether oxygens (including phenoxy) is 1. The second-order valence-electron chi connectivity index (χ2n) is 2.38. The Labute approximate surface area is 73.7 Å². The van der Waals surface area contributed by atoms with Gasteiger partial charge in [-0.25, -0.2) is 9.18 Å². The zero-order valence-corrected chi connectivity index (χ0v) is 6.87. The van der Waals surface area contributed by atoms with Crippen LogP contribution in [0.5, 0.6) is 5.75 Å². The molecule has 0 saturated carbocycles. The molecule has 5 heteroatoms. The maximum absolute atomic E-state index is 12.7. The van der Waals surface area contributed by atoms with Crippen LogP contribution in [0, 0.1) is 5.82 Å². The Balaban J connectivity index is 3.28. The van der Waals surface area contributed by atoms with Crippen molar-refractivity contribution < 1.29 is 19.0 Å². The first kappa shape index (κ1) is 9.31. The van der Waals surface area contributed by atoms with E-state index in [0.29, 0.717) is 0 Å². The van der Waals surface area contributed by atoms with Gasteiger partial charge in [0, 0.05) is 6.07 Å². The zero-order chi connectivity index (χ0) is 10.0. The van der Waals surface area contributed by atoms with E-state index in [1.54, 1.807) is 0 Å². The third-order valence-corrected chi connectivity index (χ3v) is 1.51. The number of phenolic OH excluding ortho intramolecular Hbond substituents is 1. The van der Waals surface area contributed by atoms with E-state index in [1.165, 1.54) is 0 Å². The van der Waals surface area contributed by atoms with E-state index in [1.807, 2.05) is 0 Å². The number of carbonyl (C=O) groups is 1. The molecule has 13 heavy (non-hydrogen) atoms. The number of aromatic hydroxyl groups is 1. The molecule has 0 amide bonds. The number of halogens is 1. The lowest BCUT2D eigenvalue weighted by Gasteiger charge is -2.04. The number of anilines is 1. The number of hydrogen-bond donors (Lipinski definition) is 2. The Morgan fingerprint density at radius 1 is 1.62 bits per heavy atom. The van der Waals surface area contributed by atoms with Crippen molar-refractivity contribution in [3.05, 3.63) is 23.5 Å². The maximum Gasteiger partial charge on any atom is 0.341 e. The largest absolute Gasteiger partial charge is 0.505 e. The molecule has 70 valence electrons. The first-order valence-electron chi connectivity index (χ1n) is 3.42. The van der Waals surface area contributed by atoms with E-state index in [2.05, 4.69) is 4.74 Å². The van der Waals surface area contributed by atoms with Crippen molar-refractivity contribution in [3.63, 3.8) is 0 Å². The fourth-order valence-corrected chi connectivity index (χ4v) is 0.886. The Kier molecular flexibility index (Phi) is 2.36. The van der Waals surface area contributed by atoms with Gasteiger partial charge in [0.1, 0.15) is 11.4 Å². The van der Waals surface area contributed by atoms with Crippen LogP contribution in [-0.2, 0) is 4.74 Å². The van der Waals surface area contributed by atoms with Crippen LogP contribution in [0.1, 0.15) is 10.4 Å². The monoisotopic (exact) mass is 185 g/mol. The highest BCUT2D eigenvalue weighted by Gasteiger charge is 2.15. The van der Waals surface area contributed by atoms with Gasteiger partial charge in [-0.2, -0.15) is 0 Å². The Morgan fingerprint density at radius 2 is 2.23 bits per heavy atom. The number of benzene rings is 1. The van der Waals surface area contributed by atoms with E-state index < -0.39 is 17.5 Å². The molecule has 0 bridgehead atoms. The SMILES string of the molecule is COC(=O)c1cc(F)cc(N)c1O. The molecule has 0 radical (unpaired) electrons. The molecule has 4 nitrogen and oxygen atoms in total. The van der Waals surface area contributed by atoms with Crippen LogP contribution in [0.3, 0.4) is 0 Å². The molecule has 0 aliphatic rings. The van der Waals surface area contributed by atoms with Crippen molar-refractivity contribution in [1.29, 1.82) is 0 Å². The fourth-order valence-electron chi connectivity index (χ4n) is 0.886. The van der Waals surface area contributed by atoms with Crippen LogP contribution >= 0.6 is 0 Å². The lowest BCUT2D eigenvalue weighted by molar-refractivity contribution is 0.0597. The minimum absolute atomic E-state index is 0.194. The Morgan fingerprint density at radius 3 is 2.77 bits per heavy atom. The lowest BCUT2D eigenvalue weighted by atomic mass is 10.1. The van der Waals surface area contributed by atoms with Gasteiger partial charge >= 0.3 is 5.97 Å². The summed E-state index contributed by atoms with van der Waals surface area (Å²) in [5.41, 5.74) is 4.74. The normalized spacial score (nSPS) is 9.69. The minimum atomic E-state index is -0.830. The quantitative estimate of drug-likeness (QED) is 0.387. The van der Waals surface area contributed by atoms with Crippen molar-refractivity contribution >= 4 is 11.7 Å². The summed E-state index contributed by atoms with van der Waals surface area (Å²) in [4.78, 5) is 10.9. The third kappa shape index (κ3) is 1.69.